The minimum atomic E-state index is -4.35. The fraction of sp³-hybridized carbons (Fsp3) is 0.455. The summed E-state index contributed by atoms with van der Waals surface area (Å²) < 4.78 is 35.2. The van der Waals surface area contributed by atoms with Crippen molar-refractivity contribution in [1.82, 2.24) is 10.2 Å². The second-order valence-electron chi connectivity index (χ2n) is 3.76. The molecule has 1 saturated heterocycles. The van der Waals surface area contributed by atoms with E-state index in [0.29, 0.717) is 5.84 Å². The zero-order chi connectivity index (χ0) is 13.6. The van der Waals surface area contributed by atoms with E-state index in [9.17, 15) is 18.0 Å². The molecular weight excluding hydrogens is 247 g/mol. The van der Waals surface area contributed by atoms with Gasteiger partial charge < -0.3 is 10.2 Å². The van der Waals surface area contributed by atoms with Crippen molar-refractivity contribution >= 4 is 11.9 Å². The molecule has 1 rings (SSSR count). The highest BCUT2D eigenvalue weighted by atomic mass is 19.4. The quantitative estimate of drug-likeness (QED) is 0.776. The SMILES string of the molecule is CN1CCCC1=NC(=O)NC=CC=CC(F)(F)F. The number of hydrogen-bond acceptors (Lipinski definition) is 1. The molecule has 0 atom stereocenters. The Morgan fingerprint density at radius 3 is 2.72 bits per heavy atom. The molecule has 1 fully saturated rings. The molecule has 100 valence electrons. The monoisotopic (exact) mass is 261 g/mol. The minimum absolute atomic E-state index is 0.0757. The van der Waals surface area contributed by atoms with Crippen molar-refractivity contribution in [3.63, 3.8) is 0 Å². The normalized spacial score (nSPS) is 19.3. The van der Waals surface area contributed by atoms with Crippen LogP contribution < -0.4 is 5.32 Å². The number of carbonyl (C=O) groups excluding carboxylic acids is 1. The highest BCUT2D eigenvalue weighted by Gasteiger charge is 2.21. The van der Waals surface area contributed by atoms with Crippen LogP contribution in [0.25, 0.3) is 0 Å². The Balaban J connectivity index is 2.38. The van der Waals surface area contributed by atoms with Crippen molar-refractivity contribution in [3.8, 4) is 0 Å². The van der Waals surface area contributed by atoms with Crippen molar-refractivity contribution in [2.45, 2.75) is 19.0 Å². The summed E-state index contributed by atoms with van der Waals surface area (Å²) in [5, 5.41) is 2.26. The molecule has 1 heterocycles. The van der Waals surface area contributed by atoms with E-state index in [4.69, 9.17) is 0 Å². The number of allylic oxidation sites excluding steroid dienone is 3. The number of nitrogens with zero attached hydrogens (tertiary/aromatic N) is 2. The summed E-state index contributed by atoms with van der Waals surface area (Å²) in [6, 6.07) is -0.588. The van der Waals surface area contributed by atoms with Crippen molar-refractivity contribution in [2.75, 3.05) is 13.6 Å². The van der Waals surface area contributed by atoms with Crippen LogP contribution in [0, 0.1) is 0 Å². The van der Waals surface area contributed by atoms with Crippen LogP contribution in [0.4, 0.5) is 18.0 Å². The summed E-state index contributed by atoms with van der Waals surface area (Å²) in [6.45, 7) is 0.857. The van der Waals surface area contributed by atoms with E-state index in [0.717, 1.165) is 37.7 Å². The Morgan fingerprint density at radius 1 is 1.44 bits per heavy atom. The highest BCUT2D eigenvalue weighted by Crippen LogP contribution is 2.15. The predicted molar refractivity (Wildman–Crippen MR) is 62.2 cm³/mol. The maximum atomic E-state index is 11.7. The summed E-state index contributed by atoms with van der Waals surface area (Å²) >= 11 is 0. The van der Waals surface area contributed by atoms with Gasteiger partial charge in [-0.05, 0) is 12.5 Å². The lowest BCUT2D eigenvalue weighted by atomic mass is 10.4. The number of likely N-dealkylation sites (tertiary alicyclic amines) is 1. The predicted octanol–water partition coefficient (Wildman–Crippen LogP) is 2.45. The van der Waals surface area contributed by atoms with Crippen LogP contribution in [0.2, 0.25) is 0 Å². The number of rotatable bonds is 2. The molecule has 0 saturated carbocycles. The maximum Gasteiger partial charge on any atom is 0.409 e. The van der Waals surface area contributed by atoms with Gasteiger partial charge >= 0.3 is 12.2 Å². The smallest absolute Gasteiger partial charge is 0.363 e. The fourth-order valence-electron chi connectivity index (χ4n) is 1.42. The number of amidine groups is 1. The van der Waals surface area contributed by atoms with Crippen LogP contribution in [0.5, 0.6) is 0 Å². The second kappa shape index (κ2) is 6.23. The van der Waals surface area contributed by atoms with Gasteiger partial charge in [0.15, 0.2) is 0 Å². The van der Waals surface area contributed by atoms with E-state index in [1.807, 2.05) is 11.9 Å². The number of urea groups is 1. The average Bonchev–Trinajstić information content (AvgIpc) is 2.62. The number of alkyl halides is 3. The number of amides is 2. The Labute approximate surface area is 103 Å². The van der Waals surface area contributed by atoms with Gasteiger partial charge in [0.1, 0.15) is 5.84 Å². The molecule has 0 unspecified atom stereocenters. The molecule has 1 aliphatic rings. The van der Waals surface area contributed by atoms with Crippen LogP contribution >= 0.6 is 0 Å². The standard InChI is InChI=1S/C11H14F3N3O/c1-17-8-4-5-9(17)16-10(18)15-7-3-2-6-11(12,13)14/h2-3,6-7H,4-5,8H2,1H3,(H,15,18). The number of aliphatic imine (C=N–C) groups is 1. The zero-order valence-electron chi connectivity index (χ0n) is 9.87. The lowest BCUT2D eigenvalue weighted by Crippen LogP contribution is -2.23. The lowest BCUT2D eigenvalue weighted by molar-refractivity contribution is -0.0798. The molecule has 0 spiro atoms. The molecule has 18 heavy (non-hydrogen) atoms. The molecule has 0 aromatic rings. The van der Waals surface area contributed by atoms with Crippen molar-refractivity contribution in [1.29, 1.82) is 0 Å². The Hall–Kier alpha value is -1.79. The first-order valence-electron chi connectivity index (χ1n) is 5.39. The lowest BCUT2D eigenvalue weighted by Gasteiger charge is -2.09. The second-order valence-corrected chi connectivity index (χ2v) is 3.76. The topological polar surface area (TPSA) is 44.7 Å². The summed E-state index contributed by atoms with van der Waals surface area (Å²) in [5.74, 6) is 0.687. The first-order valence-corrected chi connectivity index (χ1v) is 5.39. The molecule has 0 aromatic heterocycles. The van der Waals surface area contributed by atoms with E-state index in [1.54, 1.807) is 0 Å². The molecule has 0 aromatic carbocycles. The van der Waals surface area contributed by atoms with Gasteiger partial charge in [-0.3, -0.25) is 0 Å². The van der Waals surface area contributed by atoms with Crippen LogP contribution in [0.3, 0.4) is 0 Å². The molecule has 1 N–H and O–H groups in total. The first kappa shape index (κ1) is 14.3. The van der Waals surface area contributed by atoms with E-state index < -0.39 is 12.2 Å². The van der Waals surface area contributed by atoms with Gasteiger partial charge in [0, 0.05) is 32.3 Å². The summed E-state index contributed by atoms with van der Waals surface area (Å²) in [5.41, 5.74) is 0. The van der Waals surface area contributed by atoms with Gasteiger partial charge in [-0.1, -0.05) is 6.08 Å². The maximum absolute atomic E-state index is 11.7. The van der Waals surface area contributed by atoms with E-state index in [2.05, 4.69) is 10.3 Å². The third-order valence-corrected chi connectivity index (χ3v) is 2.26. The molecule has 0 radical (unpaired) electrons. The largest absolute Gasteiger partial charge is 0.409 e. The number of halogens is 3. The molecule has 1 aliphatic heterocycles. The molecule has 0 aliphatic carbocycles. The van der Waals surface area contributed by atoms with E-state index in [-0.39, 0.29) is 6.08 Å². The first-order chi connectivity index (χ1) is 8.38. The van der Waals surface area contributed by atoms with Crippen LogP contribution in [-0.2, 0) is 0 Å². The van der Waals surface area contributed by atoms with Crippen molar-refractivity contribution < 1.29 is 18.0 Å². The third-order valence-electron chi connectivity index (χ3n) is 2.26. The highest BCUT2D eigenvalue weighted by molar-refractivity contribution is 5.94. The number of carbonyl (C=O) groups is 1. The third kappa shape index (κ3) is 5.51. The summed E-state index contributed by atoms with van der Waals surface area (Å²) in [6.07, 6.45) is 0.421. The molecule has 7 heteroatoms. The van der Waals surface area contributed by atoms with Crippen LogP contribution in [0.15, 0.2) is 29.4 Å². The molecular formula is C11H14F3N3O. The van der Waals surface area contributed by atoms with Gasteiger partial charge in [-0.2, -0.15) is 18.2 Å². The fourth-order valence-corrected chi connectivity index (χ4v) is 1.42. The van der Waals surface area contributed by atoms with Crippen molar-refractivity contribution in [2.24, 2.45) is 4.99 Å². The van der Waals surface area contributed by atoms with Crippen molar-refractivity contribution in [3.05, 3.63) is 24.4 Å². The van der Waals surface area contributed by atoms with Gasteiger partial charge in [-0.25, -0.2) is 4.79 Å². The van der Waals surface area contributed by atoms with Gasteiger partial charge in [0.2, 0.25) is 0 Å². The molecule has 0 bridgehead atoms. The van der Waals surface area contributed by atoms with E-state index >= 15 is 0 Å². The Kier molecular flexibility index (Phi) is 4.94. The number of hydrogen-bond donors (Lipinski definition) is 1. The summed E-state index contributed by atoms with van der Waals surface area (Å²) in [7, 11) is 1.83. The van der Waals surface area contributed by atoms with Gasteiger partial charge in [0.05, 0.1) is 0 Å². The summed E-state index contributed by atoms with van der Waals surface area (Å²) in [4.78, 5) is 16.9. The Bertz CT molecular complexity index is 385. The van der Waals surface area contributed by atoms with Crippen LogP contribution in [0.1, 0.15) is 12.8 Å². The van der Waals surface area contributed by atoms with Gasteiger partial charge in [0.25, 0.3) is 0 Å². The molecule has 2 amide bonds. The molecule has 4 nitrogen and oxygen atoms in total. The van der Waals surface area contributed by atoms with Crippen LogP contribution in [-0.4, -0.2) is 36.5 Å². The minimum Gasteiger partial charge on any atom is -0.363 e. The average molecular weight is 261 g/mol. The van der Waals surface area contributed by atoms with Gasteiger partial charge in [-0.15, -0.1) is 0 Å². The zero-order valence-corrected chi connectivity index (χ0v) is 9.87. The number of nitrogens with one attached hydrogen (secondary N) is 1. The Morgan fingerprint density at radius 2 is 2.17 bits per heavy atom. The van der Waals surface area contributed by atoms with E-state index in [1.165, 1.54) is 0 Å².